The van der Waals surface area contributed by atoms with Gasteiger partial charge in [0.25, 0.3) is 5.91 Å². The molecule has 1 saturated carbocycles. The Morgan fingerprint density at radius 1 is 1.25 bits per heavy atom. The second-order valence-electron chi connectivity index (χ2n) is 7.96. The predicted octanol–water partition coefficient (Wildman–Crippen LogP) is 1.91. The van der Waals surface area contributed by atoms with Crippen molar-refractivity contribution in [1.29, 1.82) is 5.26 Å². The van der Waals surface area contributed by atoms with Crippen LogP contribution in [0.4, 0.5) is 0 Å². The molecule has 1 aliphatic carbocycles. The van der Waals surface area contributed by atoms with Crippen molar-refractivity contribution in [2.24, 2.45) is 5.16 Å². The molecule has 2 fully saturated rings. The number of likely N-dealkylation sites (tertiary alicyclic amines) is 1. The molecule has 2 aliphatic heterocycles. The molecule has 28 heavy (non-hydrogen) atoms. The number of benzene rings is 1. The molecule has 0 aromatic heterocycles. The van der Waals surface area contributed by atoms with Crippen molar-refractivity contribution in [3.05, 3.63) is 35.4 Å². The van der Waals surface area contributed by atoms with Gasteiger partial charge in [0, 0.05) is 38.4 Å². The molecule has 0 unspecified atom stereocenters. The van der Waals surface area contributed by atoms with Crippen molar-refractivity contribution in [3.8, 4) is 6.07 Å². The van der Waals surface area contributed by atoms with Crippen LogP contribution in [-0.2, 0) is 20.8 Å². The number of rotatable bonds is 4. The number of carbonyl (C=O) groups excluding carboxylic acids is 2. The summed E-state index contributed by atoms with van der Waals surface area (Å²) in [6, 6.07) is 9.47. The van der Waals surface area contributed by atoms with E-state index in [4.69, 9.17) is 10.1 Å². The van der Waals surface area contributed by atoms with Crippen molar-refractivity contribution in [2.75, 3.05) is 13.1 Å². The first-order valence-corrected chi connectivity index (χ1v) is 9.90. The lowest BCUT2D eigenvalue weighted by Crippen LogP contribution is -2.48. The Balaban J connectivity index is 1.26. The van der Waals surface area contributed by atoms with E-state index in [2.05, 4.69) is 16.5 Å². The van der Waals surface area contributed by atoms with Gasteiger partial charge in [-0.1, -0.05) is 17.3 Å². The molecular weight excluding hydrogens is 356 g/mol. The summed E-state index contributed by atoms with van der Waals surface area (Å²) in [6.45, 7) is 1.20. The van der Waals surface area contributed by atoms with Crippen molar-refractivity contribution in [2.45, 2.75) is 56.6 Å². The summed E-state index contributed by atoms with van der Waals surface area (Å²) in [7, 11) is 0. The number of nitriles is 1. The molecule has 1 spiro atoms. The van der Waals surface area contributed by atoms with Crippen molar-refractivity contribution in [3.63, 3.8) is 0 Å². The van der Waals surface area contributed by atoms with Gasteiger partial charge in [0.1, 0.15) is 11.3 Å². The molecule has 2 heterocycles. The first kappa shape index (κ1) is 18.5. The molecule has 146 valence electrons. The Hall–Kier alpha value is -2.88. The van der Waals surface area contributed by atoms with E-state index in [0.29, 0.717) is 50.0 Å². The molecular formula is C21H24N4O3. The molecule has 4 rings (SSSR count). The van der Waals surface area contributed by atoms with E-state index in [0.717, 1.165) is 18.4 Å². The Morgan fingerprint density at radius 3 is 2.57 bits per heavy atom. The Labute approximate surface area is 164 Å². The van der Waals surface area contributed by atoms with E-state index in [1.807, 2.05) is 17.0 Å². The van der Waals surface area contributed by atoms with E-state index < -0.39 is 5.60 Å². The second-order valence-corrected chi connectivity index (χ2v) is 7.96. The van der Waals surface area contributed by atoms with E-state index in [9.17, 15) is 9.59 Å². The number of nitrogens with one attached hydrogen (secondary N) is 1. The predicted molar refractivity (Wildman–Crippen MR) is 102 cm³/mol. The quantitative estimate of drug-likeness (QED) is 0.863. The van der Waals surface area contributed by atoms with Gasteiger partial charge in [0.2, 0.25) is 5.91 Å². The van der Waals surface area contributed by atoms with Gasteiger partial charge in [0.15, 0.2) is 0 Å². The van der Waals surface area contributed by atoms with Crippen LogP contribution in [0.15, 0.2) is 29.4 Å². The molecule has 7 nitrogen and oxygen atoms in total. The lowest BCUT2D eigenvalue weighted by atomic mass is 9.86. The van der Waals surface area contributed by atoms with Gasteiger partial charge >= 0.3 is 0 Å². The van der Waals surface area contributed by atoms with Gasteiger partial charge in [-0.25, -0.2) is 0 Å². The van der Waals surface area contributed by atoms with Crippen LogP contribution in [0, 0.1) is 11.3 Å². The topological polar surface area (TPSA) is 94.8 Å². The fraction of sp³-hybridized carbons (Fsp3) is 0.524. The number of oxime groups is 1. The molecule has 2 amide bonds. The molecule has 7 heteroatoms. The van der Waals surface area contributed by atoms with Crippen LogP contribution in [0.2, 0.25) is 0 Å². The van der Waals surface area contributed by atoms with Crippen LogP contribution < -0.4 is 5.32 Å². The minimum absolute atomic E-state index is 0.0708. The summed E-state index contributed by atoms with van der Waals surface area (Å²) in [5.41, 5.74) is 1.52. The summed E-state index contributed by atoms with van der Waals surface area (Å²) < 4.78 is 0. The third-order valence-electron chi connectivity index (χ3n) is 6.01. The monoisotopic (exact) mass is 380 g/mol. The van der Waals surface area contributed by atoms with Crippen molar-refractivity contribution >= 4 is 17.5 Å². The zero-order valence-corrected chi connectivity index (χ0v) is 15.8. The average molecular weight is 380 g/mol. The lowest BCUT2D eigenvalue weighted by Gasteiger charge is -2.37. The first-order chi connectivity index (χ1) is 13.6. The summed E-state index contributed by atoms with van der Waals surface area (Å²) in [6.07, 6.45) is 5.45. The highest BCUT2D eigenvalue weighted by molar-refractivity contribution is 6.39. The van der Waals surface area contributed by atoms with Crippen LogP contribution in [-0.4, -0.2) is 47.2 Å². The standard InChI is InChI=1S/C21H24N4O3/c22-14-16-6-4-15(5-7-16)12-19(26)25-10-8-21(9-11-25)13-18(24-28-21)20(27)23-17-2-1-3-17/h4-7,17H,1-3,8-13H2,(H,23,27). The maximum Gasteiger partial charge on any atom is 0.269 e. The van der Waals surface area contributed by atoms with E-state index in [1.54, 1.807) is 12.1 Å². The van der Waals surface area contributed by atoms with Crippen LogP contribution in [0.3, 0.4) is 0 Å². The van der Waals surface area contributed by atoms with Crippen LogP contribution in [0.5, 0.6) is 0 Å². The summed E-state index contributed by atoms with van der Waals surface area (Å²) in [4.78, 5) is 32.4. The minimum atomic E-state index is -0.447. The number of hydrogen-bond donors (Lipinski definition) is 1. The zero-order chi connectivity index (χ0) is 19.6. The normalized spacial score (nSPS) is 20.7. The van der Waals surface area contributed by atoms with E-state index >= 15 is 0 Å². The van der Waals surface area contributed by atoms with Gasteiger partial charge in [-0.05, 0) is 37.0 Å². The zero-order valence-electron chi connectivity index (χ0n) is 15.8. The maximum atomic E-state index is 12.6. The number of hydrogen-bond acceptors (Lipinski definition) is 5. The van der Waals surface area contributed by atoms with Crippen LogP contribution in [0.1, 0.15) is 49.7 Å². The van der Waals surface area contributed by atoms with Gasteiger partial charge in [-0.2, -0.15) is 5.26 Å². The second kappa shape index (κ2) is 7.63. The van der Waals surface area contributed by atoms with Crippen molar-refractivity contribution < 1.29 is 14.4 Å². The molecule has 1 aromatic carbocycles. The number of nitrogens with zero attached hydrogens (tertiary/aromatic N) is 3. The number of carbonyl (C=O) groups is 2. The number of amides is 2. The van der Waals surface area contributed by atoms with Gasteiger partial charge in [-0.3, -0.25) is 9.59 Å². The third kappa shape index (κ3) is 3.86. The summed E-state index contributed by atoms with van der Waals surface area (Å²) in [5.74, 6) is -0.0395. The Morgan fingerprint density at radius 2 is 1.96 bits per heavy atom. The van der Waals surface area contributed by atoms with E-state index in [1.165, 1.54) is 6.42 Å². The highest BCUT2D eigenvalue weighted by Gasteiger charge is 2.44. The fourth-order valence-electron chi connectivity index (χ4n) is 3.88. The summed E-state index contributed by atoms with van der Waals surface area (Å²) in [5, 5.41) is 15.9. The maximum absolute atomic E-state index is 12.6. The van der Waals surface area contributed by atoms with Gasteiger partial charge in [0.05, 0.1) is 18.1 Å². The first-order valence-electron chi connectivity index (χ1n) is 9.90. The molecule has 0 bridgehead atoms. The molecule has 1 saturated heterocycles. The molecule has 0 atom stereocenters. The van der Waals surface area contributed by atoms with Gasteiger partial charge in [-0.15, -0.1) is 0 Å². The average Bonchev–Trinajstić information content (AvgIpc) is 3.09. The van der Waals surface area contributed by atoms with Crippen molar-refractivity contribution in [1.82, 2.24) is 10.2 Å². The van der Waals surface area contributed by atoms with Crippen LogP contribution in [0.25, 0.3) is 0 Å². The van der Waals surface area contributed by atoms with E-state index in [-0.39, 0.29) is 17.9 Å². The minimum Gasteiger partial charge on any atom is -0.388 e. The molecule has 1 N–H and O–H groups in total. The fourth-order valence-corrected chi connectivity index (χ4v) is 3.88. The van der Waals surface area contributed by atoms with Gasteiger partial charge < -0.3 is 15.1 Å². The highest BCUT2D eigenvalue weighted by Crippen LogP contribution is 2.35. The highest BCUT2D eigenvalue weighted by atomic mass is 16.7. The Kier molecular flexibility index (Phi) is 5.03. The number of piperidine rings is 1. The van der Waals surface area contributed by atoms with Crippen LogP contribution >= 0.6 is 0 Å². The molecule has 0 radical (unpaired) electrons. The summed E-state index contributed by atoms with van der Waals surface area (Å²) >= 11 is 0. The smallest absolute Gasteiger partial charge is 0.269 e. The SMILES string of the molecule is N#Cc1ccc(CC(=O)N2CCC3(CC2)CC(C(=O)NC2CCC2)=NO3)cc1. The molecule has 1 aromatic rings. The lowest BCUT2D eigenvalue weighted by molar-refractivity contribution is -0.136. The molecule has 3 aliphatic rings. The third-order valence-corrected chi connectivity index (χ3v) is 6.01. The Bertz CT molecular complexity index is 828. The largest absolute Gasteiger partial charge is 0.388 e.